The molecule has 2 rings (SSSR count). The van der Waals surface area contributed by atoms with Crippen LogP contribution in [0.4, 0.5) is 14.5 Å². The number of esters is 1. The quantitative estimate of drug-likeness (QED) is 0.704. The van der Waals surface area contributed by atoms with Crippen molar-refractivity contribution in [3.63, 3.8) is 0 Å². The van der Waals surface area contributed by atoms with Crippen LogP contribution in [0.1, 0.15) is 17.3 Å². The van der Waals surface area contributed by atoms with Crippen molar-refractivity contribution in [2.45, 2.75) is 19.6 Å². The molecule has 0 saturated heterocycles. The molecular weight excluding hydrogens is 391 g/mol. The zero-order chi connectivity index (χ0) is 19.3. The van der Waals surface area contributed by atoms with Gasteiger partial charge in [0, 0.05) is 0 Å². The van der Waals surface area contributed by atoms with E-state index in [-0.39, 0.29) is 27.0 Å². The van der Waals surface area contributed by atoms with Gasteiger partial charge in [0.25, 0.3) is 5.91 Å². The van der Waals surface area contributed by atoms with Gasteiger partial charge in [-0.25, -0.2) is 4.79 Å². The predicted molar refractivity (Wildman–Crippen MR) is 93.0 cm³/mol. The summed E-state index contributed by atoms with van der Waals surface area (Å²) < 4.78 is 33.7. The summed E-state index contributed by atoms with van der Waals surface area (Å²) in [6, 6.07) is 9.73. The van der Waals surface area contributed by atoms with Crippen molar-refractivity contribution in [3.8, 4) is 5.75 Å². The maximum Gasteiger partial charge on any atom is 0.387 e. The fourth-order valence-corrected chi connectivity index (χ4v) is 2.26. The van der Waals surface area contributed by atoms with Gasteiger partial charge in [0.05, 0.1) is 21.3 Å². The molecule has 2 aromatic rings. The second-order valence-electron chi connectivity index (χ2n) is 5.04. The number of anilines is 1. The maximum absolute atomic E-state index is 12.2. The standard InChI is InChI=1S/C17H13Cl2F2NO4/c1-9(15(23)22-13-7-3-6-12(18)14(13)19)25-16(24)10-4-2-5-11(8-10)26-17(20)21/h2-9,17H,1H3,(H,22,23)/t9-/m0/s1. The molecule has 9 heteroatoms. The Morgan fingerprint density at radius 2 is 1.81 bits per heavy atom. The van der Waals surface area contributed by atoms with Crippen LogP contribution < -0.4 is 10.1 Å². The minimum atomic E-state index is -3.02. The first-order chi connectivity index (χ1) is 12.3. The number of carbonyl (C=O) groups excluding carboxylic acids is 2. The van der Waals surface area contributed by atoms with Crippen LogP contribution in [0, 0.1) is 0 Å². The number of alkyl halides is 2. The number of ether oxygens (including phenoxy) is 2. The van der Waals surface area contributed by atoms with Crippen molar-refractivity contribution in [2.75, 3.05) is 5.32 Å². The molecule has 0 bridgehead atoms. The number of nitrogens with one attached hydrogen (secondary N) is 1. The Morgan fingerprint density at radius 1 is 1.12 bits per heavy atom. The average Bonchev–Trinajstić information content (AvgIpc) is 2.58. The highest BCUT2D eigenvalue weighted by Gasteiger charge is 2.20. The fraction of sp³-hybridized carbons (Fsp3) is 0.176. The van der Waals surface area contributed by atoms with E-state index in [0.717, 1.165) is 6.07 Å². The van der Waals surface area contributed by atoms with Crippen LogP contribution >= 0.6 is 23.2 Å². The van der Waals surface area contributed by atoms with Crippen LogP contribution in [0.5, 0.6) is 5.75 Å². The molecule has 138 valence electrons. The lowest BCUT2D eigenvalue weighted by atomic mass is 10.2. The van der Waals surface area contributed by atoms with Crippen molar-refractivity contribution < 1.29 is 27.8 Å². The SMILES string of the molecule is C[C@H](OC(=O)c1cccc(OC(F)F)c1)C(=O)Nc1cccc(Cl)c1Cl. The van der Waals surface area contributed by atoms with Gasteiger partial charge in [-0.3, -0.25) is 4.79 Å². The van der Waals surface area contributed by atoms with Gasteiger partial charge in [-0.2, -0.15) is 8.78 Å². The van der Waals surface area contributed by atoms with E-state index in [9.17, 15) is 18.4 Å². The Balaban J connectivity index is 2.02. The number of carbonyl (C=O) groups is 2. The van der Waals surface area contributed by atoms with Gasteiger partial charge in [-0.05, 0) is 37.3 Å². The summed E-state index contributed by atoms with van der Waals surface area (Å²) in [6.07, 6.45) is -1.17. The first-order valence-corrected chi connectivity index (χ1v) is 8.04. The highest BCUT2D eigenvalue weighted by atomic mass is 35.5. The summed E-state index contributed by atoms with van der Waals surface area (Å²) >= 11 is 11.8. The van der Waals surface area contributed by atoms with E-state index in [4.69, 9.17) is 27.9 Å². The van der Waals surface area contributed by atoms with Crippen LogP contribution in [0.2, 0.25) is 10.0 Å². The molecule has 1 N–H and O–H groups in total. The summed E-state index contributed by atoms with van der Waals surface area (Å²) in [7, 11) is 0. The van der Waals surface area contributed by atoms with E-state index in [1.54, 1.807) is 12.1 Å². The van der Waals surface area contributed by atoms with Gasteiger partial charge in [-0.1, -0.05) is 35.3 Å². The molecule has 0 radical (unpaired) electrons. The van der Waals surface area contributed by atoms with E-state index in [1.165, 1.54) is 31.2 Å². The van der Waals surface area contributed by atoms with Gasteiger partial charge in [0.15, 0.2) is 6.10 Å². The van der Waals surface area contributed by atoms with E-state index in [1.807, 2.05) is 0 Å². The minimum absolute atomic E-state index is 0.0383. The van der Waals surface area contributed by atoms with Gasteiger partial charge >= 0.3 is 12.6 Å². The third-order valence-corrected chi connectivity index (χ3v) is 3.98. The molecule has 2 aromatic carbocycles. The number of hydrogen-bond acceptors (Lipinski definition) is 4. The van der Waals surface area contributed by atoms with Gasteiger partial charge in [-0.15, -0.1) is 0 Å². The minimum Gasteiger partial charge on any atom is -0.449 e. The van der Waals surface area contributed by atoms with E-state index < -0.39 is 24.6 Å². The lowest BCUT2D eigenvalue weighted by Crippen LogP contribution is -2.30. The monoisotopic (exact) mass is 403 g/mol. The van der Waals surface area contributed by atoms with Crippen LogP contribution in [0.3, 0.4) is 0 Å². The normalized spacial score (nSPS) is 11.8. The fourth-order valence-electron chi connectivity index (χ4n) is 1.92. The molecule has 0 spiro atoms. The zero-order valence-corrected chi connectivity index (χ0v) is 14.9. The number of halogens is 4. The molecule has 5 nitrogen and oxygen atoms in total. The molecule has 0 unspecified atom stereocenters. The summed E-state index contributed by atoms with van der Waals surface area (Å²) in [5, 5.41) is 2.89. The second kappa shape index (κ2) is 8.82. The van der Waals surface area contributed by atoms with E-state index >= 15 is 0 Å². The molecule has 0 aliphatic rings. The van der Waals surface area contributed by atoms with E-state index in [0.29, 0.717) is 0 Å². The van der Waals surface area contributed by atoms with Crippen LogP contribution in [0.15, 0.2) is 42.5 Å². The Morgan fingerprint density at radius 3 is 2.50 bits per heavy atom. The number of rotatable bonds is 6. The highest BCUT2D eigenvalue weighted by molar-refractivity contribution is 6.44. The third-order valence-electron chi connectivity index (χ3n) is 3.16. The molecule has 0 heterocycles. The summed E-state index contributed by atoms with van der Waals surface area (Å²) in [4.78, 5) is 24.2. The van der Waals surface area contributed by atoms with Crippen molar-refractivity contribution in [1.29, 1.82) is 0 Å². The summed E-state index contributed by atoms with van der Waals surface area (Å²) in [6.45, 7) is -1.67. The molecule has 0 aliphatic heterocycles. The third kappa shape index (κ3) is 5.31. The van der Waals surface area contributed by atoms with Gasteiger partial charge in [0.1, 0.15) is 5.75 Å². The van der Waals surface area contributed by atoms with Crippen LogP contribution in [-0.4, -0.2) is 24.6 Å². The van der Waals surface area contributed by atoms with Gasteiger partial charge in [0.2, 0.25) is 0 Å². The van der Waals surface area contributed by atoms with Crippen molar-refractivity contribution in [3.05, 3.63) is 58.1 Å². The van der Waals surface area contributed by atoms with Crippen molar-refractivity contribution >= 4 is 40.8 Å². The number of benzene rings is 2. The predicted octanol–water partition coefficient (Wildman–Crippen LogP) is 4.78. The summed E-state index contributed by atoms with van der Waals surface area (Å²) in [5.74, 6) is -1.70. The van der Waals surface area contributed by atoms with Crippen molar-refractivity contribution in [2.24, 2.45) is 0 Å². The Hall–Kier alpha value is -2.38. The van der Waals surface area contributed by atoms with E-state index in [2.05, 4.69) is 10.1 Å². The molecule has 1 atom stereocenters. The highest BCUT2D eigenvalue weighted by Crippen LogP contribution is 2.29. The average molecular weight is 404 g/mol. The van der Waals surface area contributed by atoms with Crippen LogP contribution in [-0.2, 0) is 9.53 Å². The molecule has 0 fully saturated rings. The lowest BCUT2D eigenvalue weighted by Gasteiger charge is -2.15. The van der Waals surface area contributed by atoms with Gasteiger partial charge < -0.3 is 14.8 Å². The Kier molecular flexibility index (Phi) is 6.76. The van der Waals surface area contributed by atoms with Crippen LogP contribution in [0.25, 0.3) is 0 Å². The molecule has 0 aliphatic carbocycles. The topological polar surface area (TPSA) is 64.6 Å². The first kappa shape index (κ1) is 19.9. The zero-order valence-electron chi connectivity index (χ0n) is 13.3. The maximum atomic E-state index is 12.2. The second-order valence-corrected chi connectivity index (χ2v) is 5.83. The number of hydrogen-bond donors (Lipinski definition) is 1. The van der Waals surface area contributed by atoms with Crippen molar-refractivity contribution in [1.82, 2.24) is 0 Å². The largest absolute Gasteiger partial charge is 0.449 e. The molecule has 26 heavy (non-hydrogen) atoms. The Labute approximate surface area is 157 Å². The molecule has 0 saturated carbocycles. The first-order valence-electron chi connectivity index (χ1n) is 7.28. The summed E-state index contributed by atoms with van der Waals surface area (Å²) in [5.41, 5.74) is 0.225. The molecule has 0 aromatic heterocycles. The smallest absolute Gasteiger partial charge is 0.387 e. The molecular formula is C17H13Cl2F2NO4. The molecule has 1 amide bonds. The lowest BCUT2D eigenvalue weighted by molar-refractivity contribution is -0.123. The Bertz CT molecular complexity index is 817. The number of amides is 1.